The van der Waals surface area contributed by atoms with Gasteiger partial charge >= 0.3 is 0 Å². The van der Waals surface area contributed by atoms with Crippen LogP contribution in [0.1, 0.15) is 38.0 Å². The number of hydrogen-bond donors (Lipinski definition) is 1. The van der Waals surface area contributed by atoms with E-state index in [1.165, 1.54) is 0 Å². The van der Waals surface area contributed by atoms with Crippen LogP contribution in [0.3, 0.4) is 0 Å². The van der Waals surface area contributed by atoms with Crippen LogP contribution in [0.2, 0.25) is 0 Å². The number of amides is 2. The molecule has 1 fully saturated rings. The zero-order chi connectivity index (χ0) is 18.5. The van der Waals surface area contributed by atoms with Crippen LogP contribution in [-0.2, 0) is 20.8 Å². The minimum absolute atomic E-state index is 0.0828. The number of nitrogens with one attached hydrogen (secondary N) is 1. The van der Waals surface area contributed by atoms with Gasteiger partial charge in [-0.2, -0.15) is 0 Å². The van der Waals surface area contributed by atoms with Crippen LogP contribution in [0.4, 0.5) is 0 Å². The standard InChI is InChI=1S/C19H27N3O3S/c1-13(2)16-11-17(25-21-16)19(24)20-12-14-5-7-22(8-6-14)18(23)10-15-4-3-9-26-15/h3-4,9,13-14,17H,5-8,10-12H2,1-2H3,(H,20,24). The Balaban J connectivity index is 1.35. The Labute approximate surface area is 158 Å². The van der Waals surface area contributed by atoms with Gasteiger partial charge in [0.2, 0.25) is 12.0 Å². The predicted molar refractivity (Wildman–Crippen MR) is 102 cm³/mol. The monoisotopic (exact) mass is 377 g/mol. The molecule has 1 aromatic heterocycles. The van der Waals surface area contributed by atoms with Crippen LogP contribution in [0.15, 0.2) is 22.7 Å². The topological polar surface area (TPSA) is 71.0 Å². The molecule has 142 valence electrons. The van der Waals surface area contributed by atoms with E-state index < -0.39 is 6.10 Å². The predicted octanol–water partition coefficient (Wildman–Crippen LogP) is 2.45. The Hall–Kier alpha value is -1.89. The van der Waals surface area contributed by atoms with E-state index in [9.17, 15) is 9.59 Å². The summed E-state index contributed by atoms with van der Waals surface area (Å²) in [6.07, 6.45) is 2.45. The summed E-state index contributed by atoms with van der Waals surface area (Å²) in [6, 6.07) is 3.98. The number of nitrogens with zero attached hydrogens (tertiary/aromatic N) is 2. The highest BCUT2D eigenvalue weighted by Gasteiger charge is 2.30. The van der Waals surface area contributed by atoms with E-state index >= 15 is 0 Å². The lowest BCUT2D eigenvalue weighted by Crippen LogP contribution is -2.43. The highest BCUT2D eigenvalue weighted by atomic mass is 32.1. The molecule has 0 spiro atoms. The molecule has 1 aromatic rings. The molecule has 1 N–H and O–H groups in total. The summed E-state index contributed by atoms with van der Waals surface area (Å²) in [4.78, 5) is 32.9. The molecule has 0 aromatic carbocycles. The number of thiophene rings is 1. The first-order valence-electron chi connectivity index (χ1n) is 9.33. The Bertz CT molecular complexity index is 649. The number of piperidine rings is 1. The summed E-state index contributed by atoms with van der Waals surface area (Å²) in [5, 5.41) is 9.00. The lowest BCUT2D eigenvalue weighted by molar-refractivity contribution is -0.133. The molecule has 7 heteroatoms. The molecule has 0 bridgehead atoms. The van der Waals surface area contributed by atoms with Crippen molar-refractivity contribution in [1.29, 1.82) is 0 Å². The molecule has 1 unspecified atom stereocenters. The molecule has 2 aliphatic rings. The van der Waals surface area contributed by atoms with E-state index in [1.807, 2.05) is 22.4 Å². The van der Waals surface area contributed by atoms with E-state index in [2.05, 4.69) is 24.3 Å². The second kappa shape index (κ2) is 8.66. The molecule has 1 atom stereocenters. The molecule has 6 nitrogen and oxygen atoms in total. The lowest BCUT2D eigenvalue weighted by atomic mass is 9.96. The van der Waals surface area contributed by atoms with E-state index in [0.717, 1.165) is 36.5 Å². The molecular weight excluding hydrogens is 350 g/mol. The maximum absolute atomic E-state index is 12.3. The second-order valence-electron chi connectivity index (χ2n) is 7.36. The Kier molecular flexibility index (Phi) is 6.29. The number of rotatable bonds is 6. The zero-order valence-corrected chi connectivity index (χ0v) is 16.3. The molecule has 2 aliphatic heterocycles. The van der Waals surface area contributed by atoms with Gasteiger partial charge in [0.05, 0.1) is 12.1 Å². The smallest absolute Gasteiger partial charge is 0.264 e. The van der Waals surface area contributed by atoms with Gasteiger partial charge in [-0.05, 0) is 36.1 Å². The summed E-state index contributed by atoms with van der Waals surface area (Å²) in [6.45, 7) is 6.28. The van der Waals surface area contributed by atoms with Crippen molar-refractivity contribution in [2.75, 3.05) is 19.6 Å². The van der Waals surface area contributed by atoms with Crippen LogP contribution in [0, 0.1) is 11.8 Å². The second-order valence-corrected chi connectivity index (χ2v) is 8.39. The first kappa shape index (κ1) is 18.9. The molecule has 2 amide bonds. The van der Waals surface area contributed by atoms with Crippen molar-refractivity contribution in [3.05, 3.63) is 22.4 Å². The van der Waals surface area contributed by atoms with Gasteiger partial charge in [-0.15, -0.1) is 11.3 Å². The zero-order valence-electron chi connectivity index (χ0n) is 15.4. The third-order valence-corrected chi connectivity index (χ3v) is 5.96. The maximum Gasteiger partial charge on any atom is 0.264 e. The fourth-order valence-corrected chi connectivity index (χ4v) is 3.99. The van der Waals surface area contributed by atoms with Crippen molar-refractivity contribution < 1.29 is 14.4 Å². The molecule has 0 saturated carbocycles. The van der Waals surface area contributed by atoms with Crippen molar-refractivity contribution in [1.82, 2.24) is 10.2 Å². The summed E-state index contributed by atoms with van der Waals surface area (Å²) in [5.74, 6) is 0.841. The van der Waals surface area contributed by atoms with Crippen molar-refractivity contribution in [3.8, 4) is 0 Å². The van der Waals surface area contributed by atoms with Gasteiger partial charge in [-0.25, -0.2) is 0 Å². The quantitative estimate of drug-likeness (QED) is 0.828. The van der Waals surface area contributed by atoms with Gasteiger partial charge in [0.15, 0.2) is 0 Å². The SMILES string of the molecule is CC(C)C1=NOC(C(=O)NCC2CCN(C(=O)Cc3cccs3)CC2)C1. The fraction of sp³-hybridized carbons (Fsp3) is 0.632. The summed E-state index contributed by atoms with van der Waals surface area (Å²) >= 11 is 1.62. The van der Waals surface area contributed by atoms with Crippen LogP contribution in [-0.4, -0.2) is 48.2 Å². The molecule has 3 heterocycles. The van der Waals surface area contributed by atoms with E-state index in [0.29, 0.717) is 31.2 Å². The summed E-state index contributed by atoms with van der Waals surface area (Å²) < 4.78 is 0. The fourth-order valence-electron chi connectivity index (χ4n) is 3.30. The molecule has 3 rings (SSSR count). The molecular formula is C19H27N3O3S. The number of hydrogen-bond acceptors (Lipinski definition) is 5. The van der Waals surface area contributed by atoms with Crippen LogP contribution >= 0.6 is 11.3 Å². The highest BCUT2D eigenvalue weighted by Crippen LogP contribution is 2.20. The normalized spacial score (nSPS) is 20.8. The minimum Gasteiger partial charge on any atom is -0.382 e. The van der Waals surface area contributed by atoms with Crippen LogP contribution < -0.4 is 5.32 Å². The van der Waals surface area contributed by atoms with E-state index in [4.69, 9.17) is 4.84 Å². The first-order chi connectivity index (χ1) is 12.5. The number of oxime groups is 1. The number of likely N-dealkylation sites (tertiary alicyclic amines) is 1. The van der Waals surface area contributed by atoms with E-state index in [-0.39, 0.29) is 11.8 Å². The summed E-state index contributed by atoms with van der Waals surface area (Å²) in [5.41, 5.74) is 0.947. The molecule has 0 aliphatic carbocycles. The molecule has 1 saturated heterocycles. The van der Waals surface area contributed by atoms with Crippen molar-refractivity contribution in [2.45, 2.75) is 45.6 Å². The average molecular weight is 378 g/mol. The van der Waals surface area contributed by atoms with Crippen LogP contribution in [0.25, 0.3) is 0 Å². The number of carbonyl (C=O) groups is 2. The minimum atomic E-state index is -0.486. The highest BCUT2D eigenvalue weighted by molar-refractivity contribution is 7.10. The summed E-state index contributed by atoms with van der Waals surface area (Å²) in [7, 11) is 0. The molecule has 0 radical (unpaired) electrons. The van der Waals surface area contributed by atoms with Gasteiger partial charge in [0.25, 0.3) is 5.91 Å². The van der Waals surface area contributed by atoms with Crippen molar-refractivity contribution >= 4 is 28.9 Å². The lowest BCUT2D eigenvalue weighted by Gasteiger charge is -2.32. The Morgan fingerprint density at radius 3 is 2.77 bits per heavy atom. The van der Waals surface area contributed by atoms with Gasteiger partial charge < -0.3 is 15.1 Å². The Morgan fingerprint density at radius 1 is 1.38 bits per heavy atom. The van der Waals surface area contributed by atoms with Gasteiger partial charge in [-0.3, -0.25) is 9.59 Å². The van der Waals surface area contributed by atoms with Crippen molar-refractivity contribution in [2.24, 2.45) is 17.0 Å². The van der Waals surface area contributed by atoms with Crippen LogP contribution in [0.5, 0.6) is 0 Å². The maximum atomic E-state index is 12.3. The third kappa shape index (κ3) is 4.84. The van der Waals surface area contributed by atoms with Gasteiger partial charge in [-0.1, -0.05) is 25.1 Å². The molecule has 26 heavy (non-hydrogen) atoms. The largest absolute Gasteiger partial charge is 0.382 e. The Morgan fingerprint density at radius 2 is 2.15 bits per heavy atom. The van der Waals surface area contributed by atoms with Gasteiger partial charge in [0.1, 0.15) is 0 Å². The van der Waals surface area contributed by atoms with Gasteiger partial charge in [0, 0.05) is 30.9 Å². The third-order valence-electron chi connectivity index (χ3n) is 5.09. The average Bonchev–Trinajstić information content (AvgIpc) is 3.32. The van der Waals surface area contributed by atoms with Crippen molar-refractivity contribution in [3.63, 3.8) is 0 Å². The first-order valence-corrected chi connectivity index (χ1v) is 10.2. The van der Waals surface area contributed by atoms with E-state index in [1.54, 1.807) is 11.3 Å². The number of carbonyl (C=O) groups excluding carboxylic acids is 2.